The number of ether oxygens (including phenoxy) is 1. The fourth-order valence-corrected chi connectivity index (χ4v) is 13.0. The zero-order chi connectivity index (χ0) is 64.2. The number of nitrogens with one attached hydrogen (secondary N) is 1. The van der Waals surface area contributed by atoms with Crippen LogP contribution in [0.15, 0.2) is 36.5 Å². The van der Waals surface area contributed by atoms with Crippen molar-refractivity contribution in [2.24, 2.45) is 0 Å². The highest BCUT2D eigenvalue weighted by atomic mass is 16.5. The van der Waals surface area contributed by atoms with Crippen LogP contribution in [0, 0.1) is 0 Å². The van der Waals surface area contributed by atoms with E-state index in [0.29, 0.717) is 25.9 Å². The Hall–Kier alpha value is -1.92. The van der Waals surface area contributed by atoms with Crippen molar-refractivity contribution in [2.45, 2.75) is 469 Å². The summed E-state index contributed by atoms with van der Waals surface area (Å²) in [5.41, 5.74) is 0. The number of amides is 1. The van der Waals surface area contributed by atoms with E-state index in [9.17, 15) is 19.8 Å². The molecule has 89 heavy (non-hydrogen) atoms. The number of carbonyl (C=O) groups is 2. The van der Waals surface area contributed by atoms with E-state index in [1.165, 1.54) is 372 Å². The smallest absolute Gasteiger partial charge is 0.305 e. The summed E-state index contributed by atoms with van der Waals surface area (Å²) in [6.45, 7) is 4.97. The van der Waals surface area contributed by atoms with Gasteiger partial charge in [-0.3, -0.25) is 9.59 Å². The zero-order valence-electron chi connectivity index (χ0n) is 60.4. The Bertz CT molecular complexity index is 1440. The molecule has 1 amide bonds. The van der Waals surface area contributed by atoms with Gasteiger partial charge in [0, 0.05) is 12.8 Å². The van der Waals surface area contributed by atoms with Crippen molar-refractivity contribution in [1.29, 1.82) is 0 Å². The Labute approximate surface area is 557 Å². The number of aliphatic hydroxyl groups excluding tert-OH is 2. The largest absolute Gasteiger partial charge is 0.466 e. The molecule has 3 N–H and O–H groups in total. The van der Waals surface area contributed by atoms with E-state index in [-0.39, 0.29) is 18.5 Å². The second-order valence-electron chi connectivity index (χ2n) is 28.1. The van der Waals surface area contributed by atoms with Crippen LogP contribution in [0.4, 0.5) is 0 Å². The first-order valence-electron chi connectivity index (χ1n) is 40.7. The van der Waals surface area contributed by atoms with Gasteiger partial charge in [-0.05, 0) is 83.5 Å². The molecule has 0 radical (unpaired) electrons. The van der Waals surface area contributed by atoms with E-state index in [1.807, 2.05) is 0 Å². The van der Waals surface area contributed by atoms with Gasteiger partial charge in [0.2, 0.25) is 5.91 Å². The average Bonchev–Trinajstić information content (AvgIpc) is 3.56. The molecule has 2 unspecified atom stereocenters. The monoisotopic (exact) mass is 1250 g/mol. The fourth-order valence-electron chi connectivity index (χ4n) is 13.0. The first-order chi connectivity index (χ1) is 44.0. The summed E-state index contributed by atoms with van der Waals surface area (Å²) in [5, 5.41) is 23.5. The van der Waals surface area contributed by atoms with Gasteiger partial charge in [-0.15, -0.1) is 0 Å². The molecule has 0 aliphatic carbocycles. The summed E-state index contributed by atoms with van der Waals surface area (Å²) < 4.78 is 5.49. The second-order valence-corrected chi connectivity index (χ2v) is 28.1. The van der Waals surface area contributed by atoms with Crippen LogP contribution in [0.25, 0.3) is 0 Å². The van der Waals surface area contributed by atoms with Gasteiger partial charge < -0.3 is 20.3 Å². The maximum absolute atomic E-state index is 12.6. The molecule has 0 aromatic carbocycles. The van der Waals surface area contributed by atoms with Crippen molar-refractivity contribution in [3.63, 3.8) is 0 Å². The Morgan fingerprint density at radius 1 is 0.315 bits per heavy atom. The summed E-state index contributed by atoms with van der Waals surface area (Å²) in [6.07, 6.45) is 102. The van der Waals surface area contributed by atoms with Gasteiger partial charge in [0.25, 0.3) is 0 Å². The highest BCUT2D eigenvalue weighted by Crippen LogP contribution is 2.20. The van der Waals surface area contributed by atoms with Crippen molar-refractivity contribution in [3.8, 4) is 0 Å². The molecule has 6 heteroatoms. The van der Waals surface area contributed by atoms with Gasteiger partial charge in [0.1, 0.15) is 0 Å². The van der Waals surface area contributed by atoms with Crippen LogP contribution in [0.2, 0.25) is 0 Å². The Morgan fingerprint density at radius 2 is 0.562 bits per heavy atom. The minimum absolute atomic E-state index is 0.00687. The third-order valence-electron chi connectivity index (χ3n) is 19.2. The summed E-state index contributed by atoms with van der Waals surface area (Å²) in [7, 11) is 0. The number of hydrogen-bond donors (Lipinski definition) is 3. The third kappa shape index (κ3) is 75.0. The van der Waals surface area contributed by atoms with Crippen molar-refractivity contribution < 1.29 is 24.5 Å². The minimum Gasteiger partial charge on any atom is -0.466 e. The lowest BCUT2D eigenvalue weighted by Crippen LogP contribution is -2.45. The Kier molecular flexibility index (Phi) is 76.8. The SMILES string of the molecule is CCCCC/C=C\C/C=C\CCCCCCCC(=O)OCCCCCCCCCCCCCCCC/C=C\CCCCCCCCCCCCCCCCCCCC(=O)NC(CO)C(O)CCCCCCCCCCCCCCCCCCCCCCCC. The molecule has 0 aliphatic heterocycles. The first-order valence-corrected chi connectivity index (χ1v) is 40.7. The molecule has 0 heterocycles. The van der Waals surface area contributed by atoms with Crippen LogP contribution in [-0.2, 0) is 14.3 Å². The molecule has 2 atom stereocenters. The van der Waals surface area contributed by atoms with Crippen LogP contribution < -0.4 is 5.32 Å². The number of carbonyl (C=O) groups excluding carboxylic acids is 2. The molecule has 0 aliphatic rings. The summed E-state index contributed by atoms with van der Waals surface area (Å²) in [4.78, 5) is 24.7. The number of rotatable bonds is 77. The Morgan fingerprint density at radius 3 is 0.888 bits per heavy atom. The van der Waals surface area contributed by atoms with E-state index in [2.05, 4.69) is 55.6 Å². The van der Waals surface area contributed by atoms with Crippen LogP contribution >= 0.6 is 0 Å². The van der Waals surface area contributed by atoms with E-state index in [1.54, 1.807) is 0 Å². The summed E-state index contributed by atoms with van der Waals surface area (Å²) >= 11 is 0. The normalized spacial score (nSPS) is 12.6. The number of aliphatic hydroxyl groups is 2. The van der Waals surface area contributed by atoms with Crippen LogP contribution in [-0.4, -0.2) is 47.4 Å². The van der Waals surface area contributed by atoms with Gasteiger partial charge in [-0.2, -0.15) is 0 Å². The summed E-state index contributed by atoms with van der Waals surface area (Å²) in [5.74, 6) is -0.0192. The molecular weight excluding hydrogens is 1090 g/mol. The van der Waals surface area contributed by atoms with Gasteiger partial charge >= 0.3 is 5.97 Å². The van der Waals surface area contributed by atoms with Gasteiger partial charge in [-0.1, -0.05) is 397 Å². The average molecular weight is 1250 g/mol. The fraction of sp³-hybridized carbons (Fsp3) is 0.904. The van der Waals surface area contributed by atoms with Crippen molar-refractivity contribution >= 4 is 11.9 Å². The highest BCUT2D eigenvalue weighted by Gasteiger charge is 2.20. The van der Waals surface area contributed by atoms with E-state index in [4.69, 9.17) is 4.74 Å². The summed E-state index contributed by atoms with van der Waals surface area (Å²) in [6, 6.07) is -0.540. The van der Waals surface area contributed by atoms with Crippen LogP contribution in [0.1, 0.15) is 457 Å². The van der Waals surface area contributed by atoms with Gasteiger partial charge in [-0.25, -0.2) is 0 Å². The van der Waals surface area contributed by atoms with Crippen molar-refractivity contribution in [1.82, 2.24) is 5.32 Å². The predicted octanol–water partition coefficient (Wildman–Crippen LogP) is 27.0. The van der Waals surface area contributed by atoms with Crippen LogP contribution in [0.3, 0.4) is 0 Å². The number of unbranched alkanes of at least 4 members (excludes halogenated alkanes) is 60. The lowest BCUT2D eigenvalue weighted by Gasteiger charge is -2.22. The standard InChI is InChI=1S/C83H159NO5/c1-3-5-7-9-11-13-15-17-19-20-21-22-38-41-44-48-51-55-59-63-67-71-75-81(86)80(79-85)84-82(87)76-72-68-64-60-56-52-49-45-42-39-36-34-32-30-28-26-24-23-25-27-29-31-33-35-37-40-43-46-50-54-58-62-66-70-74-78-89-83(88)77-73-69-65-61-57-53-47-18-16-14-12-10-8-6-4-2/h12,14,18,25,27,47,80-81,85-86H,3-11,13,15-17,19-24,26,28-46,48-79H2,1-2H3,(H,84,87)/b14-12-,27-25-,47-18-. The van der Waals surface area contributed by atoms with Crippen molar-refractivity contribution in [3.05, 3.63) is 36.5 Å². The molecule has 6 nitrogen and oxygen atoms in total. The van der Waals surface area contributed by atoms with Gasteiger partial charge in [0.15, 0.2) is 0 Å². The second kappa shape index (κ2) is 78.5. The molecular formula is C83H159NO5. The number of hydrogen-bond acceptors (Lipinski definition) is 5. The molecule has 0 aromatic heterocycles. The maximum atomic E-state index is 12.6. The Balaban J connectivity index is 3.35. The number of allylic oxidation sites excluding steroid dienone is 6. The topological polar surface area (TPSA) is 95.9 Å². The highest BCUT2D eigenvalue weighted by molar-refractivity contribution is 5.76. The lowest BCUT2D eigenvalue weighted by molar-refractivity contribution is -0.143. The molecule has 526 valence electrons. The molecule has 0 spiro atoms. The minimum atomic E-state index is -0.663. The predicted molar refractivity (Wildman–Crippen MR) is 393 cm³/mol. The molecule has 0 bridgehead atoms. The van der Waals surface area contributed by atoms with E-state index in [0.717, 1.165) is 51.4 Å². The maximum Gasteiger partial charge on any atom is 0.305 e. The van der Waals surface area contributed by atoms with E-state index >= 15 is 0 Å². The molecule has 0 aromatic rings. The van der Waals surface area contributed by atoms with Gasteiger partial charge in [0.05, 0.1) is 25.4 Å². The van der Waals surface area contributed by atoms with E-state index < -0.39 is 12.1 Å². The molecule has 0 saturated heterocycles. The molecule has 0 rings (SSSR count). The quantitative estimate of drug-likeness (QED) is 0.0320. The lowest BCUT2D eigenvalue weighted by atomic mass is 10.0. The molecule has 0 fully saturated rings. The third-order valence-corrected chi connectivity index (χ3v) is 19.2. The van der Waals surface area contributed by atoms with Crippen molar-refractivity contribution in [2.75, 3.05) is 13.2 Å². The number of esters is 1. The first kappa shape index (κ1) is 87.1. The molecule has 0 saturated carbocycles. The van der Waals surface area contributed by atoms with Crippen LogP contribution in [0.5, 0.6) is 0 Å². The zero-order valence-corrected chi connectivity index (χ0v) is 60.4.